The summed E-state index contributed by atoms with van der Waals surface area (Å²) in [6.07, 6.45) is 3.80. The van der Waals surface area contributed by atoms with E-state index in [1.807, 2.05) is 6.92 Å². The Hall–Kier alpha value is -0.670. The first-order valence-electron chi connectivity index (χ1n) is 6.42. The summed E-state index contributed by atoms with van der Waals surface area (Å²) in [6, 6.07) is 0. The van der Waals surface area contributed by atoms with E-state index in [1.54, 1.807) is 14.0 Å². The minimum absolute atomic E-state index is 0.0448. The molecular weight excluding hydrogens is 216 g/mol. The number of carbonyl (C=O) groups excluding carboxylic acids is 1. The van der Waals surface area contributed by atoms with Gasteiger partial charge in [-0.2, -0.15) is 0 Å². The second-order valence-electron chi connectivity index (χ2n) is 5.00. The van der Waals surface area contributed by atoms with Crippen molar-refractivity contribution in [2.45, 2.75) is 52.1 Å². The Bertz CT molecular complexity index is 319. The molecule has 0 amide bonds. The summed E-state index contributed by atoms with van der Waals surface area (Å²) < 4.78 is 5.09. The Balaban J connectivity index is 2.87. The number of Topliss-reactive ketones (excluding diaryl/α,β-unsaturated/α-hetero) is 1. The zero-order valence-electron chi connectivity index (χ0n) is 11.4. The van der Waals surface area contributed by atoms with Gasteiger partial charge in [-0.15, -0.1) is 0 Å². The maximum Gasteiger partial charge on any atom is 0.167 e. The molecule has 0 bridgehead atoms. The smallest absolute Gasteiger partial charge is 0.167 e. The van der Waals surface area contributed by atoms with Crippen molar-refractivity contribution in [3.05, 3.63) is 11.1 Å². The maximum absolute atomic E-state index is 12.1. The number of aliphatic hydroxyl groups is 1. The molecule has 0 aliphatic heterocycles. The van der Waals surface area contributed by atoms with Crippen molar-refractivity contribution >= 4 is 5.78 Å². The van der Waals surface area contributed by atoms with Gasteiger partial charge in [0, 0.05) is 7.11 Å². The Morgan fingerprint density at radius 2 is 2.00 bits per heavy atom. The van der Waals surface area contributed by atoms with Gasteiger partial charge < -0.3 is 9.84 Å². The van der Waals surface area contributed by atoms with Crippen LogP contribution in [0.15, 0.2) is 11.1 Å². The average Bonchev–Trinajstić information content (AvgIpc) is 2.46. The third-order valence-electron chi connectivity index (χ3n) is 3.97. The van der Waals surface area contributed by atoms with Crippen molar-refractivity contribution in [2.75, 3.05) is 13.7 Å². The van der Waals surface area contributed by atoms with Crippen LogP contribution in [0, 0.1) is 5.92 Å². The van der Waals surface area contributed by atoms with Crippen LogP contribution in [0.1, 0.15) is 46.5 Å². The molecule has 98 valence electrons. The molecule has 0 unspecified atom stereocenters. The van der Waals surface area contributed by atoms with Gasteiger partial charge in [-0.25, -0.2) is 0 Å². The summed E-state index contributed by atoms with van der Waals surface area (Å²) in [7, 11) is 1.57. The number of ether oxygens (including phenoxy) is 1. The molecule has 0 saturated heterocycles. The van der Waals surface area contributed by atoms with Gasteiger partial charge in [-0.3, -0.25) is 4.79 Å². The number of rotatable bonds is 6. The standard InChI is InChI=1S/C14H24O3/c1-5-6-7-8-14(16)11(3)10(2)13(15)12(14)9-17-4/h12,16H,5-9H2,1-4H3/t12-,14-/m1/s1. The van der Waals surface area contributed by atoms with E-state index in [0.717, 1.165) is 24.8 Å². The highest BCUT2D eigenvalue weighted by Crippen LogP contribution is 2.41. The minimum atomic E-state index is -0.980. The Morgan fingerprint density at radius 3 is 2.53 bits per heavy atom. The predicted octanol–water partition coefficient (Wildman–Crippen LogP) is 2.48. The van der Waals surface area contributed by atoms with Crippen molar-refractivity contribution in [2.24, 2.45) is 5.92 Å². The van der Waals surface area contributed by atoms with Crippen molar-refractivity contribution in [1.29, 1.82) is 0 Å². The van der Waals surface area contributed by atoms with Gasteiger partial charge in [0.25, 0.3) is 0 Å². The number of hydrogen-bond donors (Lipinski definition) is 1. The summed E-state index contributed by atoms with van der Waals surface area (Å²) >= 11 is 0. The third kappa shape index (κ3) is 2.61. The lowest BCUT2D eigenvalue weighted by Gasteiger charge is -2.31. The van der Waals surface area contributed by atoms with Gasteiger partial charge in [0.2, 0.25) is 0 Å². The molecule has 0 heterocycles. The summed E-state index contributed by atoms with van der Waals surface area (Å²) in [5, 5.41) is 10.8. The summed E-state index contributed by atoms with van der Waals surface area (Å²) in [4.78, 5) is 12.1. The van der Waals surface area contributed by atoms with E-state index in [4.69, 9.17) is 4.74 Å². The van der Waals surface area contributed by atoms with Crippen LogP contribution < -0.4 is 0 Å². The lowest BCUT2D eigenvalue weighted by Crippen LogP contribution is -2.41. The number of unbranched alkanes of at least 4 members (excludes halogenated alkanes) is 2. The zero-order valence-corrected chi connectivity index (χ0v) is 11.4. The molecule has 0 aromatic carbocycles. The van der Waals surface area contributed by atoms with E-state index in [1.165, 1.54) is 0 Å². The topological polar surface area (TPSA) is 46.5 Å². The largest absolute Gasteiger partial charge is 0.385 e. The third-order valence-corrected chi connectivity index (χ3v) is 3.97. The van der Waals surface area contributed by atoms with E-state index in [9.17, 15) is 9.90 Å². The van der Waals surface area contributed by atoms with Crippen LogP contribution in [0.3, 0.4) is 0 Å². The van der Waals surface area contributed by atoms with Crippen molar-refractivity contribution < 1.29 is 14.6 Å². The summed E-state index contributed by atoms with van der Waals surface area (Å²) in [5.41, 5.74) is 0.568. The zero-order chi connectivity index (χ0) is 13.1. The highest BCUT2D eigenvalue weighted by molar-refractivity contribution is 6.02. The molecule has 1 rings (SSSR count). The summed E-state index contributed by atoms with van der Waals surface area (Å²) in [5.74, 6) is -0.368. The molecule has 1 aliphatic rings. The van der Waals surface area contributed by atoms with Crippen LogP contribution in [-0.4, -0.2) is 30.2 Å². The van der Waals surface area contributed by atoms with Gasteiger partial charge in [0.1, 0.15) is 0 Å². The van der Waals surface area contributed by atoms with Crippen LogP contribution in [0.2, 0.25) is 0 Å². The monoisotopic (exact) mass is 240 g/mol. The van der Waals surface area contributed by atoms with E-state index >= 15 is 0 Å². The fourth-order valence-electron chi connectivity index (χ4n) is 2.64. The first-order valence-corrected chi connectivity index (χ1v) is 6.42. The molecule has 0 aromatic heterocycles. The van der Waals surface area contributed by atoms with Crippen LogP contribution in [0.25, 0.3) is 0 Å². The molecule has 0 fully saturated rings. The molecule has 3 heteroatoms. The highest BCUT2D eigenvalue weighted by Gasteiger charge is 2.48. The van der Waals surface area contributed by atoms with Gasteiger partial charge in [0.15, 0.2) is 5.78 Å². The van der Waals surface area contributed by atoms with Crippen molar-refractivity contribution in [1.82, 2.24) is 0 Å². The van der Waals surface area contributed by atoms with Crippen LogP contribution in [0.5, 0.6) is 0 Å². The molecule has 0 aromatic rings. The van der Waals surface area contributed by atoms with Crippen molar-refractivity contribution in [3.8, 4) is 0 Å². The second kappa shape index (κ2) is 5.78. The molecule has 2 atom stereocenters. The van der Waals surface area contributed by atoms with E-state index < -0.39 is 11.5 Å². The number of methoxy groups -OCH3 is 1. The minimum Gasteiger partial charge on any atom is -0.385 e. The lowest BCUT2D eigenvalue weighted by atomic mass is 9.82. The molecule has 0 radical (unpaired) electrons. The van der Waals surface area contributed by atoms with Gasteiger partial charge >= 0.3 is 0 Å². The van der Waals surface area contributed by atoms with E-state index in [2.05, 4.69) is 6.92 Å². The Morgan fingerprint density at radius 1 is 1.35 bits per heavy atom. The molecule has 1 N–H and O–H groups in total. The number of allylic oxidation sites excluding steroid dienone is 1. The van der Waals surface area contributed by atoms with Gasteiger partial charge in [0.05, 0.1) is 18.1 Å². The van der Waals surface area contributed by atoms with Crippen LogP contribution in [0.4, 0.5) is 0 Å². The average molecular weight is 240 g/mol. The maximum atomic E-state index is 12.1. The second-order valence-corrected chi connectivity index (χ2v) is 5.00. The van der Waals surface area contributed by atoms with Crippen LogP contribution >= 0.6 is 0 Å². The highest BCUT2D eigenvalue weighted by atomic mass is 16.5. The van der Waals surface area contributed by atoms with Gasteiger partial charge in [-0.05, 0) is 31.4 Å². The fraction of sp³-hybridized carbons (Fsp3) is 0.786. The Labute approximate surface area is 104 Å². The lowest BCUT2D eigenvalue weighted by molar-refractivity contribution is -0.126. The Kier molecular flexibility index (Phi) is 4.90. The summed E-state index contributed by atoms with van der Waals surface area (Å²) in [6.45, 7) is 6.10. The number of ketones is 1. The molecular formula is C14H24O3. The van der Waals surface area contributed by atoms with E-state index in [-0.39, 0.29) is 5.78 Å². The molecule has 17 heavy (non-hydrogen) atoms. The number of hydrogen-bond acceptors (Lipinski definition) is 3. The first-order chi connectivity index (χ1) is 7.99. The SMILES string of the molecule is CCCCC[C@@]1(O)C(C)=C(C)C(=O)[C@H]1COC. The van der Waals surface area contributed by atoms with Crippen LogP contribution in [-0.2, 0) is 9.53 Å². The van der Waals surface area contributed by atoms with E-state index in [0.29, 0.717) is 18.6 Å². The fourth-order valence-corrected chi connectivity index (χ4v) is 2.64. The van der Waals surface area contributed by atoms with Gasteiger partial charge in [-0.1, -0.05) is 26.2 Å². The molecule has 1 aliphatic carbocycles. The molecule has 3 nitrogen and oxygen atoms in total. The number of carbonyl (C=O) groups is 1. The van der Waals surface area contributed by atoms with Crippen molar-refractivity contribution in [3.63, 3.8) is 0 Å². The first kappa shape index (κ1) is 14.4. The molecule has 0 spiro atoms. The molecule has 0 saturated carbocycles. The predicted molar refractivity (Wildman–Crippen MR) is 67.8 cm³/mol. The quantitative estimate of drug-likeness (QED) is 0.725. The normalized spacial score (nSPS) is 29.2.